The molecule has 4 aliphatic heterocycles. The van der Waals surface area contributed by atoms with E-state index in [1.807, 2.05) is 0 Å². The molecule has 0 saturated carbocycles. The number of aromatic nitrogens is 4. The molecule has 11 rings (SSSR count). The number of amides is 8. The molecule has 97 heavy (non-hydrogen) atoms. The third kappa shape index (κ3) is 14.2. The van der Waals surface area contributed by atoms with Crippen LogP contribution in [0.15, 0.2) is 48.5 Å². The molecule has 0 atom stereocenters. The quantitative estimate of drug-likeness (QED) is 0.0259. The van der Waals surface area contributed by atoms with Crippen molar-refractivity contribution in [1.29, 1.82) is 10.5 Å². The summed E-state index contributed by atoms with van der Waals surface area (Å²) in [7, 11) is 1.34. The van der Waals surface area contributed by atoms with Crippen LogP contribution in [0.1, 0.15) is 307 Å². The molecule has 4 aliphatic rings. The molecule has 0 bridgehead atoms. The van der Waals surface area contributed by atoms with Crippen molar-refractivity contribution in [3.05, 3.63) is 104 Å². The van der Waals surface area contributed by atoms with Gasteiger partial charge in [-0.2, -0.15) is 10.5 Å². The van der Waals surface area contributed by atoms with Gasteiger partial charge < -0.3 is 0 Å². The Labute approximate surface area is 575 Å². The standard InChI is InChI=1S/C77H86N10O8S2/c1-5-8-11-14-17-20-23-26-29-32-39-85-73(91)55-45-51(67-65-53(43-49(47-79)61(63(55)65)75(85)93)72(90)87(77(67)95)41-34-31-28-25-22-19-16-13-10-7-3)57-36-38-59(97-57)69-82-80-68(81-83-69)58-37-35-56(96-58)50-44-54-62-60(74(92)84(4)70(54)88)48(46-78)42-52-64(62)66(50)76(94)86(71(52)89)40-33-30-27-24-21-18-15-12-9-6-2/h35-38,42-45H,5-34,39-41H2,1-4H3. The van der Waals surface area contributed by atoms with Gasteiger partial charge >= 0.3 is 0 Å². The molecule has 20 heteroatoms. The Morgan fingerprint density at radius 3 is 0.918 bits per heavy atom. The van der Waals surface area contributed by atoms with E-state index < -0.39 is 47.3 Å². The SMILES string of the molecule is CCCCCCCCCCCCN1C(=O)c2cc(-c3ccc(-c4nnc(-c5ccc(-c6cc7c8c(c(C#N)cc9c8c6C(=O)N(CCCCCCCCCCCC)C9=O)C(=O)N(C)C7=O)s5)nn4)s3)c3c4c(cc(C#N)c(c24)C1=O)C(=O)N(CCCCCCCCCCCC)C3=O. The Kier molecular flexibility index (Phi) is 23.0. The molecule has 0 fully saturated rings. The smallest absolute Gasteiger partial charge is 0.262 e. The van der Waals surface area contributed by atoms with E-state index in [-0.39, 0.29) is 108 Å². The van der Waals surface area contributed by atoms with E-state index in [1.54, 1.807) is 36.4 Å². The second kappa shape index (κ2) is 32.1. The minimum absolute atomic E-state index is 0.0152. The molecule has 0 saturated heterocycles. The van der Waals surface area contributed by atoms with E-state index in [2.05, 4.69) is 53.3 Å². The highest BCUT2D eigenvalue weighted by molar-refractivity contribution is 7.19. The highest BCUT2D eigenvalue weighted by Crippen LogP contribution is 2.48. The summed E-state index contributed by atoms with van der Waals surface area (Å²) in [6.45, 7) is 7.05. The fourth-order valence-corrected chi connectivity index (χ4v) is 16.4. The molecule has 504 valence electrons. The summed E-state index contributed by atoms with van der Waals surface area (Å²) in [5, 5.41) is 39.8. The predicted octanol–water partition coefficient (Wildman–Crippen LogP) is 17.9. The van der Waals surface area contributed by atoms with Gasteiger partial charge in [-0.15, -0.1) is 43.1 Å². The van der Waals surface area contributed by atoms with Crippen LogP contribution in [0.5, 0.6) is 0 Å². The third-order valence-corrected chi connectivity index (χ3v) is 22.0. The highest BCUT2D eigenvalue weighted by atomic mass is 32.1. The first-order valence-corrected chi connectivity index (χ1v) is 37.3. The number of rotatable bonds is 37. The topological polar surface area (TPSA) is 249 Å². The Hall–Kier alpha value is -8.72. The van der Waals surface area contributed by atoms with Crippen molar-refractivity contribution in [2.24, 2.45) is 0 Å². The van der Waals surface area contributed by atoms with Gasteiger partial charge in [-0.3, -0.25) is 58.0 Å². The molecule has 8 amide bonds. The summed E-state index contributed by atoms with van der Waals surface area (Å²) in [4.78, 5) is 124. The van der Waals surface area contributed by atoms with Gasteiger partial charge in [-0.05, 0) is 67.8 Å². The molecular weight excluding hydrogens is 1260 g/mol. The zero-order valence-electron chi connectivity index (χ0n) is 56.5. The van der Waals surface area contributed by atoms with E-state index in [0.717, 1.165) is 81.9 Å². The summed E-state index contributed by atoms with van der Waals surface area (Å²) < 4.78 is 0. The van der Waals surface area contributed by atoms with E-state index in [9.17, 15) is 44.1 Å². The molecule has 18 nitrogen and oxygen atoms in total. The Bertz CT molecular complexity index is 4310. The zero-order valence-corrected chi connectivity index (χ0v) is 58.1. The van der Waals surface area contributed by atoms with Crippen LogP contribution in [0.25, 0.3) is 63.8 Å². The van der Waals surface area contributed by atoms with Crippen molar-refractivity contribution < 1.29 is 38.4 Å². The number of benzene rings is 4. The number of imide groups is 4. The molecule has 0 spiro atoms. The zero-order chi connectivity index (χ0) is 68.3. The first-order chi connectivity index (χ1) is 47.3. The van der Waals surface area contributed by atoms with Crippen LogP contribution in [-0.2, 0) is 0 Å². The maximum atomic E-state index is 15.2. The van der Waals surface area contributed by atoms with E-state index in [4.69, 9.17) is 0 Å². The van der Waals surface area contributed by atoms with Crippen molar-refractivity contribution >= 4 is 91.5 Å². The van der Waals surface area contributed by atoms with Crippen LogP contribution in [0.4, 0.5) is 0 Å². The van der Waals surface area contributed by atoms with Gasteiger partial charge in [0.25, 0.3) is 47.3 Å². The Morgan fingerprint density at radius 1 is 0.320 bits per heavy atom. The normalized spacial score (nSPS) is 14.2. The Morgan fingerprint density at radius 2 is 0.588 bits per heavy atom. The molecule has 0 N–H and O–H groups in total. The lowest BCUT2D eigenvalue weighted by Gasteiger charge is -2.33. The summed E-state index contributed by atoms with van der Waals surface area (Å²) in [5.74, 6) is -4.50. The van der Waals surface area contributed by atoms with Gasteiger partial charge in [-0.25, -0.2) is 0 Å². The molecule has 0 aliphatic carbocycles. The van der Waals surface area contributed by atoms with Gasteiger partial charge in [0.1, 0.15) is 12.1 Å². The van der Waals surface area contributed by atoms with E-state index in [1.165, 1.54) is 153 Å². The fraction of sp³-hybridized carbons (Fsp3) is 0.481. The summed E-state index contributed by atoms with van der Waals surface area (Å²) >= 11 is 2.45. The maximum Gasteiger partial charge on any atom is 0.262 e. The third-order valence-electron chi connectivity index (χ3n) is 19.8. The molecule has 0 radical (unpaired) electrons. The lowest BCUT2D eigenvalue weighted by Crippen LogP contribution is -2.44. The molecule has 7 heterocycles. The van der Waals surface area contributed by atoms with Gasteiger partial charge in [0.05, 0.1) is 54.3 Å². The largest absolute Gasteiger partial charge is 0.277 e. The van der Waals surface area contributed by atoms with Crippen LogP contribution in [0, 0.1) is 22.7 Å². The van der Waals surface area contributed by atoms with Crippen LogP contribution in [-0.4, -0.2) is 114 Å². The predicted molar refractivity (Wildman–Crippen MR) is 378 cm³/mol. The number of carbonyl (C=O) groups excluding carboxylic acids is 8. The fourth-order valence-electron chi connectivity index (χ4n) is 14.5. The minimum Gasteiger partial charge on any atom is -0.277 e. The number of nitrogens with zero attached hydrogens (tertiary/aromatic N) is 10. The first-order valence-electron chi connectivity index (χ1n) is 35.6. The van der Waals surface area contributed by atoms with Gasteiger partial charge in [-0.1, -0.05) is 194 Å². The Balaban J connectivity index is 0.885. The number of nitriles is 2. The average molecular weight is 1340 g/mol. The molecule has 3 aromatic heterocycles. The number of hydrogen-bond acceptors (Lipinski definition) is 16. The van der Waals surface area contributed by atoms with Crippen molar-refractivity contribution in [2.75, 3.05) is 26.7 Å². The second-order valence-electron chi connectivity index (χ2n) is 26.5. The second-order valence-corrected chi connectivity index (χ2v) is 28.7. The van der Waals surface area contributed by atoms with Gasteiger partial charge in [0.15, 0.2) is 0 Å². The van der Waals surface area contributed by atoms with E-state index in [0.29, 0.717) is 49.9 Å². The minimum atomic E-state index is -0.702. The average Bonchev–Trinajstić information content (AvgIpc) is 1.60. The van der Waals surface area contributed by atoms with E-state index >= 15 is 4.79 Å². The van der Waals surface area contributed by atoms with Crippen LogP contribution >= 0.6 is 22.7 Å². The van der Waals surface area contributed by atoms with Gasteiger partial charge in [0.2, 0.25) is 11.6 Å². The van der Waals surface area contributed by atoms with Crippen molar-refractivity contribution in [2.45, 2.75) is 213 Å². The number of hydrogen-bond donors (Lipinski definition) is 0. The lowest BCUT2D eigenvalue weighted by atomic mass is 9.81. The molecule has 4 aromatic carbocycles. The molecular formula is C77H86N10O8S2. The highest BCUT2D eigenvalue weighted by Gasteiger charge is 2.45. The number of carbonyl (C=O) groups is 8. The van der Waals surface area contributed by atoms with Crippen LogP contribution in [0.3, 0.4) is 0 Å². The van der Waals surface area contributed by atoms with Crippen LogP contribution in [0.2, 0.25) is 0 Å². The molecule has 7 aromatic rings. The van der Waals surface area contributed by atoms with Crippen LogP contribution < -0.4 is 0 Å². The maximum absolute atomic E-state index is 15.2. The summed E-state index contributed by atoms with van der Waals surface area (Å²) in [5.41, 5.74) is 1.31. The first kappa shape index (κ1) is 69.6. The number of unbranched alkanes of at least 4 members (excludes halogenated alkanes) is 27. The van der Waals surface area contributed by atoms with Crippen molar-refractivity contribution in [1.82, 2.24) is 40.0 Å². The number of thiophene rings is 2. The van der Waals surface area contributed by atoms with Crippen molar-refractivity contribution in [3.63, 3.8) is 0 Å². The lowest BCUT2D eigenvalue weighted by molar-refractivity contribution is 0.0586. The monoisotopic (exact) mass is 1340 g/mol. The summed E-state index contributed by atoms with van der Waals surface area (Å²) in [6.07, 6.45) is 31.9. The summed E-state index contributed by atoms with van der Waals surface area (Å²) in [6, 6.07) is 17.3. The van der Waals surface area contributed by atoms with Crippen molar-refractivity contribution in [3.8, 4) is 54.4 Å². The molecule has 0 unspecified atom stereocenters. The van der Waals surface area contributed by atoms with Gasteiger partial charge in [0, 0.05) is 80.2 Å².